The van der Waals surface area contributed by atoms with Gasteiger partial charge in [0.2, 0.25) is 0 Å². The van der Waals surface area contributed by atoms with E-state index in [1.165, 1.54) is 0 Å². The van der Waals surface area contributed by atoms with Crippen molar-refractivity contribution in [3.8, 4) is 5.75 Å². The number of aromatic nitrogens is 1. The molecule has 0 bridgehead atoms. The highest BCUT2D eigenvalue weighted by Crippen LogP contribution is 2.11. The lowest BCUT2D eigenvalue weighted by molar-refractivity contribution is 0.0955. The van der Waals surface area contributed by atoms with E-state index < -0.39 is 0 Å². The Hall–Kier alpha value is -2.76. The standard InChI is InChI=1S/C15H18N4O2/c1-21-13-5-2-11(3-6-13)15(20)18-9-8-17-14-7-4-12(16)10-19-14/h2-7,10H,8-9,16H2,1H3,(H,17,19)(H,18,20). The van der Waals surface area contributed by atoms with Gasteiger partial charge in [-0.05, 0) is 36.4 Å². The van der Waals surface area contributed by atoms with E-state index in [1.54, 1.807) is 49.7 Å². The summed E-state index contributed by atoms with van der Waals surface area (Å²) in [6, 6.07) is 10.5. The second kappa shape index (κ2) is 7.14. The van der Waals surface area contributed by atoms with Crippen molar-refractivity contribution in [2.45, 2.75) is 0 Å². The molecule has 6 nitrogen and oxygen atoms in total. The van der Waals surface area contributed by atoms with Crippen molar-refractivity contribution in [3.63, 3.8) is 0 Å². The number of nitrogens with zero attached hydrogens (tertiary/aromatic N) is 1. The zero-order valence-electron chi connectivity index (χ0n) is 11.8. The van der Waals surface area contributed by atoms with E-state index in [1.807, 2.05) is 0 Å². The summed E-state index contributed by atoms with van der Waals surface area (Å²) in [5.74, 6) is 1.33. The van der Waals surface area contributed by atoms with E-state index in [9.17, 15) is 4.79 Å². The fourth-order valence-electron chi connectivity index (χ4n) is 1.72. The number of rotatable bonds is 6. The highest BCUT2D eigenvalue weighted by molar-refractivity contribution is 5.94. The van der Waals surface area contributed by atoms with Crippen LogP contribution in [0.15, 0.2) is 42.6 Å². The average Bonchev–Trinajstić information content (AvgIpc) is 2.53. The van der Waals surface area contributed by atoms with Gasteiger partial charge in [0, 0.05) is 18.7 Å². The molecule has 2 aromatic rings. The molecule has 1 heterocycles. The minimum Gasteiger partial charge on any atom is -0.497 e. The van der Waals surface area contributed by atoms with Crippen molar-refractivity contribution in [1.82, 2.24) is 10.3 Å². The highest BCUT2D eigenvalue weighted by atomic mass is 16.5. The lowest BCUT2D eigenvalue weighted by atomic mass is 10.2. The number of carbonyl (C=O) groups excluding carboxylic acids is 1. The van der Waals surface area contributed by atoms with Crippen LogP contribution in [0.4, 0.5) is 11.5 Å². The molecule has 0 saturated heterocycles. The predicted molar refractivity (Wildman–Crippen MR) is 82.5 cm³/mol. The van der Waals surface area contributed by atoms with Gasteiger partial charge >= 0.3 is 0 Å². The number of ether oxygens (including phenoxy) is 1. The quantitative estimate of drug-likeness (QED) is 0.700. The SMILES string of the molecule is COc1ccc(C(=O)NCCNc2ccc(N)cn2)cc1. The molecular formula is C15H18N4O2. The smallest absolute Gasteiger partial charge is 0.251 e. The first-order valence-corrected chi connectivity index (χ1v) is 6.56. The van der Waals surface area contributed by atoms with Gasteiger partial charge < -0.3 is 21.1 Å². The van der Waals surface area contributed by atoms with E-state index in [2.05, 4.69) is 15.6 Å². The van der Waals surface area contributed by atoms with Gasteiger partial charge in [-0.15, -0.1) is 0 Å². The Morgan fingerprint density at radius 2 is 1.95 bits per heavy atom. The van der Waals surface area contributed by atoms with Gasteiger partial charge in [0.1, 0.15) is 11.6 Å². The molecule has 0 aliphatic carbocycles. The molecule has 0 aliphatic rings. The first kappa shape index (κ1) is 14.6. The first-order valence-electron chi connectivity index (χ1n) is 6.56. The first-order chi connectivity index (χ1) is 10.2. The Morgan fingerprint density at radius 3 is 2.57 bits per heavy atom. The van der Waals surface area contributed by atoms with Crippen LogP contribution in [0, 0.1) is 0 Å². The summed E-state index contributed by atoms with van der Waals surface area (Å²) in [5, 5.41) is 5.92. The van der Waals surface area contributed by atoms with Gasteiger partial charge in [-0.1, -0.05) is 0 Å². The van der Waals surface area contributed by atoms with Gasteiger partial charge in [-0.2, -0.15) is 0 Å². The normalized spacial score (nSPS) is 9.95. The van der Waals surface area contributed by atoms with Crippen molar-refractivity contribution in [3.05, 3.63) is 48.2 Å². The maximum absolute atomic E-state index is 11.9. The van der Waals surface area contributed by atoms with Crippen LogP contribution in [0.5, 0.6) is 5.75 Å². The van der Waals surface area contributed by atoms with Gasteiger partial charge in [0.05, 0.1) is 19.0 Å². The number of anilines is 2. The molecule has 1 aromatic heterocycles. The maximum Gasteiger partial charge on any atom is 0.251 e. The Bertz CT molecular complexity index is 582. The number of carbonyl (C=O) groups is 1. The zero-order valence-corrected chi connectivity index (χ0v) is 11.8. The van der Waals surface area contributed by atoms with Crippen LogP contribution in [0.25, 0.3) is 0 Å². The molecule has 0 fully saturated rings. The van der Waals surface area contributed by atoms with Gasteiger partial charge in [-0.25, -0.2) is 4.98 Å². The molecule has 1 amide bonds. The summed E-state index contributed by atoms with van der Waals surface area (Å²) in [7, 11) is 1.59. The molecular weight excluding hydrogens is 268 g/mol. The summed E-state index contributed by atoms with van der Waals surface area (Å²) in [6.45, 7) is 1.08. The molecule has 0 radical (unpaired) electrons. The molecule has 0 atom stereocenters. The molecule has 1 aromatic carbocycles. The van der Waals surface area contributed by atoms with E-state index in [4.69, 9.17) is 10.5 Å². The average molecular weight is 286 g/mol. The molecule has 4 N–H and O–H groups in total. The molecule has 0 unspecified atom stereocenters. The zero-order chi connectivity index (χ0) is 15.1. The highest BCUT2D eigenvalue weighted by Gasteiger charge is 2.04. The number of nitrogens with two attached hydrogens (primary N) is 1. The van der Waals surface area contributed by atoms with Gasteiger partial charge in [0.15, 0.2) is 0 Å². The summed E-state index contributed by atoms with van der Waals surface area (Å²) in [6.07, 6.45) is 1.58. The molecule has 0 saturated carbocycles. The molecule has 0 aliphatic heterocycles. The van der Waals surface area contributed by atoms with Crippen LogP contribution < -0.4 is 21.1 Å². The van der Waals surface area contributed by atoms with Crippen molar-refractivity contribution in [2.75, 3.05) is 31.2 Å². The number of pyridine rings is 1. The minimum absolute atomic E-state index is 0.121. The molecule has 110 valence electrons. The Morgan fingerprint density at radius 1 is 1.19 bits per heavy atom. The van der Waals surface area contributed by atoms with Crippen molar-refractivity contribution in [1.29, 1.82) is 0 Å². The number of benzene rings is 1. The monoisotopic (exact) mass is 286 g/mol. The number of nitrogen functional groups attached to an aromatic ring is 1. The third-order valence-corrected chi connectivity index (χ3v) is 2.86. The lowest BCUT2D eigenvalue weighted by Crippen LogP contribution is -2.28. The summed E-state index contributed by atoms with van der Waals surface area (Å²) < 4.78 is 5.05. The fraction of sp³-hybridized carbons (Fsp3) is 0.200. The number of nitrogens with one attached hydrogen (secondary N) is 2. The second-order valence-electron chi connectivity index (χ2n) is 4.39. The van der Waals surface area contributed by atoms with Crippen LogP contribution >= 0.6 is 0 Å². The van der Waals surface area contributed by atoms with E-state index in [0.29, 0.717) is 24.3 Å². The second-order valence-corrected chi connectivity index (χ2v) is 4.39. The number of hydrogen-bond acceptors (Lipinski definition) is 5. The van der Waals surface area contributed by atoms with E-state index >= 15 is 0 Å². The Labute approximate surface area is 123 Å². The van der Waals surface area contributed by atoms with Crippen LogP contribution in [-0.2, 0) is 0 Å². The van der Waals surface area contributed by atoms with Crippen LogP contribution in [-0.4, -0.2) is 31.1 Å². The van der Waals surface area contributed by atoms with E-state index in [-0.39, 0.29) is 5.91 Å². The van der Waals surface area contributed by atoms with Gasteiger partial charge in [-0.3, -0.25) is 4.79 Å². The largest absolute Gasteiger partial charge is 0.497 e. The van der Waals surface area contributed by atoms with Crippen LogP contribution in [0.2, 0.25) is 0 Å². The number of methoxy groups -OCH3 is 1. The third-order valence-electron chi connectivity index (χ3n) is 2.86. The predicted octanol–water partition coefficient (Wildman–Crippen LogP) is 1.51. The maximum atomic E-state index is 11.9. The Balaban J connectivity index is 1.74. The lowest BCUT2D eigenvalue weighted by Gasteiger charge is -2.08. The number of amides is 1. The van der Waals surface area contributed by atoms with Crippen molar-refractivity contribution < 1.29 is 9.53 Å². The molecule has 21 heavy (non-hydrogen) atoms. The minimum atomic E-state index is -0.121. The number of hydrogen-bond donors (Lipinski definition) is 3. The van der Waals surface area contributed by atoms with Crippen molar-refractivity contribution in [2.24, 2.45) is 0 Å². The summed E-state index contributed by atoms with van der Waals surface area (Å²) in [4.78, 5) is 16.0. The topological polar surface area (TPSA) is 89.3 Å². The Kier molecular flexibility index (Phi) is 4.98. The summed E-state index contributed by atoms with van der Waals surface area (Å²) in [5.41, 5.74) is 6.77. The van der Waals surface area contributed by atoms with E-state index in [0.717, 1.165) is 11.6 Å². The molecule has 0 spiro atoms. The third kappa shape index (κ3) is 4.38. The molecule has 6 heteroatoms. The molecule has 2 rings (SSSR count). The summed E-state index contributed by atoms with van der Waals surface area (Å²) >= 11 is 0. The van der Waals surface area contributed by atoms with Crippen molar-refractivity contribution >= 4 is 17.4 Å². The van der Waals surface area contributed by atoms with Gasteiger partial charge in [0.25, 0.3) is 5.91 Å². The fourth-order valence-corrected chi connectivity index (χ4v) is 1.72. The van der Waals surface area contributed by atoms with Crippen LogP contribution in [0.3, 0.4) is 0 Å². The van der Waals surface area contributed by atoms with Crippen LogP contribution in [0.1, 0.15) is 10.4 Å².